The van der Waals surface area contributed by atoms with Gasteiger partial charge in [0, 0.05) is 11.1 Å². The van der Waals surface area contributed by atoms with Gasteiger partial charge in [0.2, 0.25) is 0 Å². The topological polar surface area (TPSA) is 9.23 Å². The Hall–Kier alpha value is -4.19. The Labute approximate surface area is 255 Å². The van der Waals surface area contributed by atoms with E-state index in [0.29, 0.717) is 17.9 Å². The highest BCUT2D eigenvalue weighted by Crippen LogP contribution is 2.51. The lowest BCUT2D eigenvalue weighted by Gasteiger charge is -2.30. The Morgan fingerprint density at radius 2 is 1.00 bits per heavy atom. The van der Waals surface area contributed by atoms with E-state index in [1.54, 1.807) is 0 Å². The largest absolute Gasteiger partial charge is 0.488 e. The molecule has 0 spiro atoms. The third kappa shape index (κ3) is 4.97. The molecule has 0 aromatic heterocycles. The van der Waals surface area contributed by atoms with Crippen molar-refractivity contribution in [3.63, 3.8) is 0 Å². The van der Waals surface area contributed by atoms with Gasteiger partial charge in [-0.1, -0.05) is 151 Å². The fourth-order valence-corrected chi connectivity index (χ4v) is 9.97. The van der Waals surface area contributed by atoms with Gasteiger partial charge < -0.3 is 4.74 Å². The highest BCUT2D eigenvalue weighted by atomic mass is 31.1. The van der Waals surface area contributed by atoms with E-state index in [9.17, 15) is 0 Å². The number of benzene rings is 7. The summed E-state index contributed by atoms with van der Waals surface area (Å²) in [6.45, 7) is 10.0. The van der Waals surface area contributed by atoms with Crippen molar-refractivity contribution < 1.29 is 4.74 Å². The average molecular weight is 577 g/mol. The zero-order chi connectivity index (χ0) is 29.5. The van der Waals surface area contributed by atoms with E-state index in [-0.39, 0.29) is 0 Å². The first-order valence-electron chi connectivity index (χ1n) is 15.4. The molecule has 0 bridgehead atoms. The summed E-state index contributed by atoms with van der Waals surface area (Å²) in [6, 6.07) is 46.4. The van der Waals surface area contributed by atoms with E-state index in [0.717, 1.165) is 5.75 Å². The lowest BCUT2D eigenvalue weighted by Crippen LogP contribution is -2.18. The van der Waals surface area contributed by atoms with Crippen molar-refractivity contribution in [2.45, 2.75) is 45.6 Å². The molecule has 0 N–H and O–H groups in total. The van der Waals surface area contributed by atoms with Gasteiger partial charge >= 0.3 is 0 Å². The Morgan fingerprint density at radius 3 is 1.65 bits per heavy atom. The summed E-state index contributed by atoms with van der Waals surface area (Å²) in [5, 5.41) is 11.6. The zero-order valence-electron chi connectivity index (χ0n) is 25.3. The van der Waals surface area contributed by atoms with Crippen molar-refractivity contribution in [1.82, 2.24) is 0 Å². The van der Waals surface area contributed by atoms with E-state index in [2.05, 4.69) is 155 Å². The van der Waals surface area contributed by atoms with Crippen LogP contribution in [0.15, 0.2) is 127 Å². The molecule has 0 heterocycles. The van der Waals surface area contributed by atoms with Crippen molar-refractivity contribution in [2.24, 2.45) is 0 Å². The number of hydrogen-bond acceptors (Lipinski definition) is 1. The minimum Gasteiger partial charge on any atom is -0.488 e. The zero-order valence-corrected chi connectivity index (χ0v) is 26.2. The number of hydrogen-bond donors (Lipinski definition) is 0. The van der Waals surface area contributed by atoms with Gasteiger partial charge in [0.05, 0.1) is 0 Å². The molecule has 7 rings (SSSR count). The highest BCUT2D eigenvalue weighted by molar-refractivity contribution is 7.67. The monoisotopic (exact) mass is 576 g/mol. The first-order valence-corrected chi connectivity index (χ1v) is 16.8. The van der Waals surface area contributed by atoms with Crippen LogP contribution in [0.1, 0.15) is 33.3 Å². The summed E-state index contributed by atoms with van der Waals surface area (Å²) >= 11 is 0. The van der Waals surface area contributed by atoms with E-state index >= 15 is 0 Å². The SMILES string of the molecule is CC(C)P(c1ccc2ccccc2c1-c1c(OCc2cc3ccccc3c3ccccc23)ccc2ccccc12)C(C)C. The second-order valence-corrected chi connectivity index (χ2v) is 15.4. The normalized spacial score (nSPS) is 12.0. The molecule has 0 aliphatic heterocycles. The molecule has 212 valence electrons. The van der Waals surface area contributed by atoms with E-state index < -0.39 is 7.92 Å². The van der Waals surface area contributed by atoms with Crippen LogP contribution in [0.4, 0.5) is 0 Å². The molecule has 0 aliphatic carbocycles. The first kappa shape index (κ1) is 27.6. The molecular formula is C41H37OP. The summed E-state index contributed by atoms with van der Waals surface area (Å²) in [5.41, 5.74) is 4.89. The van der Waals surface area contributed by atoms with Gasteiger partial charge in [0.15, 0.2) is 0 Å². The van der Waals surface area contributed by atoms with Crippen LogP contribution in [0.25, 0.3) is 54.2 Å². The molecule has 43 heavy (non-hydrogen) atoms. The first-order chi connectivity index (χ1) is 21.0. The summed E-state index contributed by atoms with van der Waals surface area (Å²) in [7, 11) is -0.411. The van der Waals surface area contributed by atoms with Crippen LogP contribution in [0, 0.1) is 0 Å². The third-order valence-corrected chi connectivity index (χ3v) is 11.8. The standard InChI is InChI=1S/C41H37OP/c1-27(2)43(28(3)4)39-24-22-30-14-6-10-19-36(30)41(39)40-35-18-9-5-13-29(35)21-23-38(40)42-26-32-25-31-15-7-8-16-33(31)37-20-12-11-17-34(32)37/h5-25,27-28H,26H2,1-4H3. The molecule has 0 amide bonds. The van der Waals surface area contributed by atoms with Gasteiger partial charge in [-0.15, -0.1) is 0 Å². The second kappa shape index (κ2) is 11.5. The van der Waals surface area contributed by atoms with Crippen molar-refractivity contribution in [3.05, 3.63) is 133 Å². The van der Waals surface area contributed by atoms with Gasteiger partial charge in [0.1, 0.15) is 12.4 Å². The fourth-order valence-electron chi connectivity index (χ4n) is 6.93. The average Bonchev–Trinajstić information content (AvgIpc) is 3.03. The number of rotatable bonds is 7. The smallest absolute Gasteiger partial charge is 0.128 e. The Kier molecular flexibility index (Phi) is 7.38. The quantitative estimate of drug-likeness (QED) is 0.135. The summed E-state index contributed by atoms with van der Waals surface area (Å²) in [4.78, 5) is 0. The molecule has 0 saturated heterocycles. The lowest BCUT2D eigenvalue weighted by atomic mass is 9.93. The van der Waals surface area contributed by atoms with Crippen LogP contribution >= 0.6 is 7.92 Å². The van der Waals surface area contributed by atoms with E-state index in [4.69, 9.17) is 4.74 Å². The Balaban J connectivity index is 1.46. The molecule has 0 fully saturated rings. The second-order valence-electron chi connectivity index (χ2n) is 12.0. The van der Waals surface area contributed by atoms with Crippen molar-refractivity contribution >= 4 is 56.3 Å². The number of ether oxygens (including phenoxy) is 1. The lowest BCUT2D eigenvalue weighted by molar-refractivity contribution is 0.309. The van der Waals surface area contributed by atoms with Gasteiger partial charge in [-0.25, -0.2) is 0 Å². The van der Waals surface area contributed by atoms with Crippen molar-refractivity contribution in [1.29, 1.82) is 0 Å². The maximum absolute atomic E-state index is 6.95. The van der Waals surface area contributed by atoms with Crippen LogP contribution in [0.3, 0.4) is 0 Å². The summed E-state index contributed by atoms with van der Waals surface area (Å²) < 4.78 is 6.95. The molecule has 0 radical (unpaired) electrons. The maximum Gasteiger partial charge on any atom is 0.128 e. The molecule has 7 aromatic rings. The van der Waals surface area contributed by atoms with Gasteiger partial charge in [-0.2, -0.15) is 0 Å². The molecular weight excluding hydrogens is 539 g/mol. The minimum atomic E-state index is -0.411. The Bertz CT molecular complexity index is 2100. The number of fused-ring (bicyclic) bond motifs is 5. The van der Waals surface area contributed by atoms with Gasteiger partial charge in [-0.05, 0) is 77.4 Å². The molecule has 0 aliphatic rings. The van der Waals surface area contributed by atoms with Gasteiger partial charge in [0.25, 0.3) is 0 Å². The van der Waals surface area contributed by atoms with Crippen molar-refractivity contribution in [2.75, 3.05) is 0 Å². The van der Waals surface area contributed by atoms with Gasteiger partial charge in [-0.3, -0.25) is 0 Å². The van der Waals surface area contributed by atoms with Crippen molar-refractivity contribution in [3.8, 4) is 16.9 Å². The molecule has 7 aromatic carbocycles. The molecule has 1 nitrogen and oxygen atoms in total. The third-order valence-electron chi connectivity index (χ3n) is 8.68. The maximum atomic E-state index is 6.95. The van der Waals surface area contributed by atoms with E-state index in [1.807, 2.05) is 0 Å². The molecule has 0 unspecified atom stereocenters. The molecule has 0 saturated carbocycles. The van der Waals surface area contributed by atoms with Crippen LogP contribution in [0.2, 0.25) is 0 Å². The van der Waals surface area contributed by atoms with Crippen LogP contribution in [-0.4, -0.2) is 11.3 Å². The van der Waals surface area contributed by atoms with Crippen LogP contribution in [-0.2, 0) is 6.61 Å². The summed E-state index contributed by atoms with van der Waals surface area (Å²) in [6.07, 6.45) is 0. The van der Waals surface area contributed by atoms with E-state index in [1.165, 1.54) is 65.1 Å². The fraction of sp³-hybridized carbons (Fsp3) is 0.171. The minimum absolute atomic E-state index is 0.411. The Morgan fingerprint density at radius 1 is 0.488 bits per heavy atom. The predicted molar refractivity (Wildman–Crippen MR) is 190 cm³/mol. The van der Waals surface area contributed by atoms with Crippen LogP contribution in [0.5, 0.6) is 5.75 Å². The molecule has 2 heteroatoms. The highest BCUT2D eigenvalue weighted by Gasteiger charge is 2.26. The predicted octanol–water partition coefficient (Wildman–Crippen LogP) is 11.5. The van der Waals surface area contributed by atoms with Crippen LogP contribution < -0.4 is 10.0 Å². The summed E-state index contributed by atoms with van der Waals surface area (Å²) in [5.74, 6) is 0.941. The molecule has 0 atom stereocenters.